The summed E-state index contributed by atoms with van der Waals surface area (Å²) in [5.41, 5.74) is 0. The number of esters is 3. The topological polar surface area (TPSA) is 78.9 Å². The first kappa shape index (κ1) is 51.9. The van der Waals surface area contributed by atoms with Crippen molar-refractivity contribution >= 4 is 17.9 Å². The van der Waals surface area contributed by atoms with Crippen LogP contribution in [0.25, 0.3) is 0 Å². The van der Waals surface area contributed by atoms with E-state index in [1.807, 2.05) is 0 Å². The van der Waals surface area contributed by atoms with Crippen LogP contribution in [0.1, 0.15) is 245 Å². The first-order chi connectivity index (χ1) is 26.5. The summed E-state index contributed by atoms with van der Waals surface area (Å²) in [6.45, 7) is 6.58. The SMILES string of the molecule is CCCCC/C=C\CCCCCCCC(=O)OC(COC(=O)CCCCCCC/C=C\CCCCCC)COC(=O)CCCCCCCCCCCCC. The largest absolute Gasteiger partial charge is 0.462 e. The molecule has 0 aromatic heterocycles. The van der Waals surface area contributed by atoms with Gasteiger partial charge >= 0.3 is 17.9 Å². The van der Waals surface area contributed by atoms with Crippen LogP contribution < -0.4 is 0 Å². The van der Waals surface area contributed by atoms with Crippen molar-refractivity contribution in [3.8, 4) is 0 Å². The van der Waals surface area contributed by atoms with E-state index >= 15 is 0 Å². The Bertz CT molecular complexity index is 880. The molecule has 0 aromatic carbocycles. The summed E-state index contributed by atoms with van der Waals surface area (Å²) in [7, 11) is 0. The van der Waals surface area contributed by atoms with Gasteiger partial charge in [0.05, 0.1) is 0 Å². The van der Waals surface area contributed by atoms with E-state index in [0.29, 0.717) is 19.3 Å². The van der Waals surface area contributed by atoms with Gasteiger partial charge in [-0.15, -0.1) is 0 Å². The summed E-state index contributed by atoms with van der Waals surface area (Å²) in [5, 5.41) is 0. The van der Waals surface area contributed by atoms with Gasteiger partial charge in [-0.3, -0.25) is 14.4 Å². The molecule has 6 nitrogen and oxygen atoms in total. The molecule has 0 N–H and O–H groups in total. The molecule has 0 heterocycles. The molecule has 6 heteroatoms. The average Bonchev–Trinajstić information content (AvgIpc) is 3.17. The second-order valence-electron chi connectivity index (χ2n) is 15.7. The maximum absolute atomic E-state index is 12.7. The van der Waals surface area contributed by atoms with E-state index in [4.69, 9.17) is 14.2 Å². The smallest absolute Gasteiger partial charge is 0.306 e. The first-order valence-electron chi connectivity index (χ1n) is 23.3. The molecule has 0 saturated heterocycles. The predicted octanol–water partition coefficient (Wildman–Crippen LogP) is 14.8. The lowest BCUT2D eigenvalue weighted by molar-refractivity contribution is -0.167. The fourth-order valence-electron chi connectivity index (χ4n) is 6.61. The van der Waals surface area contributed by atoms with Crippen LogP contribution in [0, 0.1) is 0 Å². The molecule has 0 aliphatic rings. The maximum Gasteiger partial charge on any atom is 0.306 e. The van der Waals surface area contributed by atoms with E-state index in [-0.39, 0.29) is 31.1 Å². The number of hydrogen-bond acceptors (Lipinski definition) is 6. The zero-order valence-electron chi connectivity index (χ0n) is 36.0. The lowest BCUT2D eigenvalue weighted by atomic mass is 10.1. The van der Waals surface area contributed by atoms with Crippen molar-refractivity contribution < 1.29 is 28.6 Å². The molecule has 0 aliphatic carbocycles. The molecule has 0 rings (SSSR count). The van der Waals surface area contributed by atoms with E-state index in [0.717, 1.165) is 70.6 Å². The molecule has 54 heavy (non-hydrogen) atoms. The maximum atomic E-state index is 12.7. The Kier molecular flexibility index (Phi) is 41.9. The van der Waals surface area contributed by atoms with E-state index in [2.05, 4.69) is 45.1 Å². The number of carbonyl (C=O) groups excluding carboxylic acids is 3. The van der Waals surface area contributed by atoms with Gasteiger partial charge in [0, 0.05) is 19.3 Å². The Labute approximate surface area is 334 Å². The Balaban J connectivity index is 4.38. The van der Waals surface area contributed by atoms with E-state index in [1.165, 1.54) is 135 Å². The van der Waals surface area contributed by atoms with Crippen molar-refractivity contribution in [2.24, 2.45) is 0 Å². The summed E-state index contributed by atoms with van der Waals surface area (Å²) in [6, 6.07) is 0. The first-order valence-corrected chi connectivity index (χ1v) is 23.3. The minimum absolute atomic E-state index is 0.0744. The van der Waals surface area contributed by atoms with E-state index in [9.17, 15) is 14.4 Å². The quantitative estimate of drug-likeness (QED) is 0.0267. The number of rotatable bonds is 42. The molecule has 1 atom stereocenters. The average molecular weight is 761 g/mol. The molecule has 0 amide bonds. The third kappa shape index (κ3) is 41.1. The number of hydrogen-bond donors (Lipinski definition) is 0. The van der Waals surface area contributed by atoms with Crippen molar-refractivity contribution in [3.63, 3.8) is 0 Å². The zero-order valence-corrected chi connectivity index (χ0v) is 36.0. The molecule has 316 valence electrons. The van der Waals surface area contributed by atoms with Crippen LogP contribution in [-0.4, -0.2) is 37.2 Å². The predicted molar refractivity (Wildman–Crippen MR) is 229 cm³/mol. The van der Waals surface area contributed by atoms with Gasteiger partial charge in [-0.25, -0.2) is 0 Å². The van der Waals surface area contributed by atoms with Crippen LogP contribution >= 0.6 is 0 Å². The van der Waals surface area contributed by atoms with Gasteiger partial charge in [0.15, 0.2) is 6.10 Å². The highest BCUT2D eigenvalue weighted by atomic mass is 16.6. The van der Waals surface area contributed by atoms with Crippen LogP contribution in [0.2, 0.25) is 0 Å². The van der Waals surface area contributed by atoms with E-state index in [1.54, 1.807) is 0 Å². The number of ether oxygens (including phenoxy) is 3. The van der Waals surface area contributed by atoms with Crippen molar-refractivity contribution in [2.45, 2.75) is 252 Å². The van der Waals surface area contributed by atoms with Crippen LogP contribution in [0.3, 0.4) is 0 Å². The monoisotopic (exact) mass is 761 g/mol. The highest BCUT2D eigenvalue weighted by Crippen LogP contribution is 2.14. The third-order valence-electron chi connectivity index (χ3n) is 10.2. The number of carbonyl (C=O) groups is 3. The Morgan fingerprint density at radius 2 is 0.611 bits per heavy atom. The molecule has 0 radical (unpaired) electrons. The fourth-order valence-corrected chi connectivity index (χ4v) is 6.61. The highest BCUT2D eigenvalue weighted by molar-refractivity contribution is 5.71. The Morgan fingerprint density at radius 3 is 0.981 bits per heavy atom. The minimum atomic E-state index is -0.772. The molecular weight excluding hydrogens is 673 g/mol. The zero-order chi connectivity index (χ0) is 39.4. The molecule has 0 saturated carbocycles. The van der Waals surface area contributed by atoms with Crippen LogP contribution in [0.5, 0.6) is 0 Å². The van der Waals surface area contributed by atoms with Gasteiger partial charge in [0.25, 0.3) is 0 Å². The minimum Gasteiger partial charge on any atom is -0.462 e. The summed E-state index contributed by atoms with van der Waals surface area (Å²) >= 11 is 0. The van der Waals surface area contributed by atoms with E-state index < -0.39 is 6.10 Å². The fraction of sp³-hybridized carbons (Fsp3) is 0.854. The lowest BCUT2D eigenvalue weighted by Crippen LogP contribution is -2.30. The summed E-state index contributed by atoms with van der Waals surface area (Å²) < 4.78 is 16.7. The highest BCUT2D eigenvalue weighted by Gasteiger charge is 2.19. The number of allylic oxidation sites excluding steroid dienone is 4. The summed E-state index contributed by atoms with van der Waals surface area (Å²) in [4.78, 5) is 37.7. The van der Waals surface area contributed by atoms with Crippen molar-refractivity contribution in [1.82, 2.24) is 0 Å². The standard InChI is InChI=1S/C48H88O6/c1-4-7-10-13-16-19-22-24-27-29-32-35-38-41-47(50)53-44-45(43-52-46(49)40-37-34-31-28-25-21-18-15-12-9-6-3)54-48(51)42-39-36-33-30-26-23-20-17-14-11-8-5-2/h17,19-20,22,45H,4-16,18,21,23-44H2,1-3H3/b20-17-,22-19-. The van der Waals surface area contributed by atoms with Crippen LogP contribution in [0.15, 0.2) is 24.3 Å². The van der Waals surface area contributed by atoms with Gasteiger partial charge in [-0.1, -0.05) is 180 Å². The molecule has 0 spiro atoms. The molecule has 0 fully saturated rings. The van der Waals surface area contributed by atoms with Gasteiger partial charge in [-0.05, 0) is 70.6 Å². The molecule has 1 unspecified atom stereocenters. The Morgan fingerprint density at radius 1 is 0.352 bits per heavy atom. The second kappa shape index (κ2) is 43.6. The van der Waals surface area contributed by atoms with Gasteiger partial charge < -0.3 is 14.2 Å². The normalized spacial score (nSPS) is 12.1. The number of unbranched alkanes of at least 4 members (excludes halogenated alkanes) is 27. The van der Waals surface area contributed by atoms with Crippen LogP contribution in [0.4, 0.5) is 0 Å². The van der Waals surface area contributed by atoms with Gasteiger partial charge in [0.1, 0.15) is 13.2 Å². The van der Waals surface area contributed by atoms with Crippen molar-refractivity contribution in [1.29, 1.82) is 0 Å². The summed E-state index contributed by atoms with van der Waals surface area (Å²) in [5.74, 6) is -0.888. The molecule has 0 bridgehead atoms. The molecule has 0 aliphatic heterocycles. The van der Waals surface area contributed by atoms with Crippen molar-refractivity contribution in [3.05, 3.63) is 24.3 Å². The molecule has 0 aromatic rings. The lowest BCUT2D eigenvalue weighted by Gasteiger charge is -2.18. The van der Waals surface area contributed by atoms with Crippen LogP contribution in [-0.2, 0) is 28.6 Å². The Hall–Kier alpha value is -2.11. The van der Waals surface area contributed by atoms with Gasteiger partial charge in [-0.2, -0.15) is 0 Å². The van der Waals surface area contributed by atoms with Crippen molar-refractivity contribution in [2.75, 3.05) is 13.2 Å². The molecular formula is C48H88O6. The third-order valence-corrected chi connectivity index (χ3v) is 10.2. The summed E-state index contributed by atoms with van der Waals surface area (Å²) in [6.07, 6.45) is 47.2. The van der Waals surface area contributed by atoms with Gasteiger partial charge in [0.2, 0.25) is 0 Å². The second-order valence-corrected chi connectivity index (χ2v) is 15.7.